The van der Waals surface area contributed by atoms with Gasteiger partial charge >= 0.3 is 0 Å². The van der Waals surface area contributed by atoms with Crippen molar-refractivity contribution < 1.29 is 14.3 Å². The molecule has 29 heavy (non-hydrogen) atoms. The SMILES string of the molecule is CCOc1ncccc1C(CNC(=O)c1cnccn1)n1cc(OC)ccc1=O. The second kappa shape index (κ2) is 9.45. The van der Waals surface area contributed by atoms with Crippen molar-refractivity contribution in [2.75, 3.05) is 20.3 Å². The Morgan fingerprint density at radius 1 is 1.21 bits per heavy atom. The van der Waals surface area contributed by atoms with E-state index in [4.69, 9.17) is 9.47 Å². The van der Waals surface area contributed by atoms with Gasteiger partial charge in [-0.05, 0) is 25.1 Å². The van der Waals surface area contributed by atoms with Crippen molar-refractivity contribution in [3.63, 3.8) is 0 Å². The molecular weight excluding hydrogens is 374 g/mol. The molecule has 1 N–H and O–H groups in total. The van der Waals surface area contributed by atoms with Gasteiger partial charge in [0.1, 0.15) is 11.4 Å². The smallest absolute Gasteiger partial charge is 0.271 e. The van der Waals surface area contributed by atoms with E-state index in [2.05, 4.69) is 20.3 Å². The molecule has 0 saturated heterocycles. The Morgan fingerprint density at radius 2 is 2.07 bits per heavy atom. The normalized spacial score (nSPS) is 11.5. The number of carbonyl (C=O) groups is 1. The summed E-state index contributed by atoms with van der Waals surface area (Å²) >= 11 is 0. The van der Waals surface area contributed by atoms with Crippen LogP contribution in [-0.2, 0) is 0 Å². The second-order valence-corrected chi connectivity index (χ2v) is 5.96. The third kappa shape index (κ3) is 4.75. The fraction of sp³-hybridized carbons (Fsp3) is 0.250. The standard InChI is InChI=1S/C20H21N5O4/c1-3-29-20-15(5-4-8-23-20)17(25-13-14(28-2)6-7-18(25)26)12-24-19(27)16-11-21-9-10-22-16/h4-11,13,17H,3,12H2,1-2H3,(H,24,27). The number of hydrogen-bond acceptors (Lipinski definition) is 7. The van der Waals surface area contributed by atoms with Crippen LogP contribution in [0.15, 0.2) is 60.0 Å². The van der Waals surface area contributed by atoms with Crippen LogP contribution in [0.3, 0.4) is 0 Å². The van der Waals surface area contributed by atoms with Gasteiger partial charge in [0.05, 0.1) is 32.2 Å². The number of rotatable bonds is 8. The van der Waals surface area contributed by atoms with Crippen LogP contribution in [0.5, 0.6) is 11.6 Å². The first kappa shape index (κ1) is 20.0. The lowest BCUT2D eigenvalue weighted by Gasteiger charge is -2.23. The van der Waals surface area contributed by atoms with Crippen LogP contribution in [0, 0.1) is 0 Å². The summed E-state index contributed by atoms with van der Waals surface area (Å²) in [5, 5.41) is 2.80. The van der Waals surface area contributed by atoms with Crippen molar-refractivity contribution in [1.29, 1.82) is 0 Å². The van der Waals surface area contributed by atoms with Gasteiger partial charge in [-0.3, -0.25) is 14.6 Å². The molecule has 0 saturated carbocycles. The van der Waals surface area contributed by atoms with Crippen LogP contribution >= 0.6 is 0 Å². The van der Waals surface area contributed by atoms with E-state index in [1.54, 1.807) is 24.5 Å². The molecule has 0 aliphatic heterocycles. The van der Waals surface area contributed by atoms with Crippen molar-refractivity contribution >= 4 is 5.91 Å². The molecule has 3 aromatic heterocycles. The summed E-state index contributed by atoms with van der Waals surface area (Å²) < 4.78 is 12.4. The highest BCUT2D eigenvalue weighted by atomic mass is 16.5. The zero-order valence-corrected chi connectivity index (χ0v) is 16.1. The predicted molar refractivity (Wildman–Crippen MR) is 105 cm³/mol. The third-order valence-corrected chi connectivity index (χ3v) is 4.17. The minimum Gasteiger partial charge on any atom is -0.495 e. The molecule has 3 rings (SSSR count). The summed E-state index contributed by atoms with van der Waals surface area (Å²) in [6.45, 7) is 2.37. The zero-order valence-electron chi connectivity index (χ0n) is 16.1. The molecule has 0 fully saturated rings. The van der Waals surface area contributed by atoms with Crippen LogP contribution in [0.4, 0.5) is 0 Å². The van der Waals surface area contributed by atoms with Crippen LogP contribution < -0.4 is 20.3 Å². The lowest BCUT2D eigenvalue weighted by Crippen LogP contribution is -2.36. The quantitative estimate of drug-likeness (QED) is 0.615. The molecule has 3 aromatic rings. The second-order valence-electron chi connectivity index (χ2n) is 5.96. The number of nitrogens with one attached hydrogen (secondary N) is 1. The molecule has 150 valence electrons. The van der Waals surface area contributed by atoms with E-state index >= 15 is 0 Å². The molecule has 0 aliphatic rings. The van der Waals surface area contributed by atoms with E-state index < -0.39 is 11.9 Å². The molecule has 9 nitrogen and oxygen atoms in total. The third-order valence-electron chi connectivity index (χ3n) is 4.17. The van der Waals surface area contributed by atoms with Crippen molar-refractivity contribution in [2.45, 2.75) is 13.0 Å². The fourth-order valence-electron chi connectivity index (χ4n) is 2.82. The van der Waals surface area contributed by atoms with E-state index in [1.165, 1.54) is 36.3 Å². The lowest BCUT2D eigenvalue weighted by atomic mass is 10.1. The Kier molecular flexibility index (Phi) is 6.51. The minimum atomic E-state index is -0.575. The average Bonchev–Trinajstić information content (AvgIpc) is 2.76. The molecule has 1 unspecified atom stereocenters. The van der Waals surface area contributed by atoms with Gasteiger partial charge in [-0.15, -0.1) is 0 Å². The van der Waals surface area contributed by atoms with Crippen LogP contribution in [-0.4, -0.2) is 45.7 Å². The van der Waals surface area contributed by atoms with E-state index in [0.29, 0.717) is 23.8 Å². The van der Waals surface area contributed by atoms with Crippen LogP contribution in [0.2, 0.25) is 0 Å². The van der Waals surface area contributed by atoms with E-state index in [9.17, 15) is 9.59 Å². The first-order valence-electron chi connectivity index (χ1n) is 9.02. The van der Waals surface area contributed by atoms with Gasteiger partial charge in [0.15, 0.2) is 0 Å². The number of carbonyl (C=O) groups excluding carboxylic acids is 1. The molecule has 0 aromatic carbocycles. The molecule has 0 spiro atoms. The topological polar surface area (TPSA) is 108 Å². The van der Waals surface area contributed by atoms with Crippen molar-refractivity contribution in [3.05, 3.63) is 76.9 Å². The van der Waals surface area contributed by atoms with Gasteiger partial charge in [0.2, 0.25) is 5.88 Å². The number of pyridine rings is 2. The average molecular weight is 395 g/mol. The predicted octanol–water partition coefficient (Wildman–Crippen LogP) is 1.46. The highest BCUT2D eigenvalue weighted by Gasteiger charge is 2.22. The van der Waals surface area contributed by atoms with Gasteiger partial charge < -0.3 is 19.4 Å². The summed E-state index contributed by atoms with van der Waals surface area (Å²) in [6.07, 6.45) is 7.49. The Labute approximate surface area is 167 Å². The number of amides is 1. The van der Waals surface area contributed by atoms with E-state index in [1.807, 2.05) is 13.0 Å². The lowest BCUT2D eigenvalue weighted by molar-refractivity contribution is 0.0944. The molecule has 0 aliphatic carbocycles. The molecule has 9 heteroatoms. The van der Waals surface area contributed by atoms with Gasteiger partial charge in [0, 0.05) is 36.8 Å². The maximum absolute atomic E-state index is 12.6. The molecule has 0 radical (unpaired) electrons. The number of aromatic nitrogens is 4. The molecule has 0 bridgehead atoms. The molecular formula is C20H21N5O4. The molecule has 1 amide bonds. The summed E-state index contributed by atoms with van der Waals surface area (Å²) in [6, 6.07) is 5.98. The van der Waals surface area contributed by atoms with Crippen LogP contribution in [0.1, 0.15) is 29.0 Å². The minimum absolute atomic E-state index is 0.105. The van der Waals surface area contributed by atoms with Gasteiger partial charge in [0.25, 0.3) is 11.5 Å². The monoisotopic (exact) mass is 395 g/mol. The number of nitrogens with zero attached hydrogens (tertiary/aromatic N) is 4. The largest absolute Gasteiger partial charge is 0.495 e. The highest BCUT2D eigenvalue weighted by Crippen LogP contribution is 2.26. The maximum atomic E-state index is 12.6. The maximum Gasteiger partial charge on any atom is 0.271 e. The molecule has 3 heterocycles. The Hall–Kier alpha value is -3.75. The summed E-state index contributed by atoms with van der Waals surface area (Å²) in [4.78, 5) is 37.2. The summed E-state index contributed by atoms with van der Waals surface area (Å²) in [5.74, 6) is 0.501. The van der Waals surface area contributed by atoms with Crippen LogP contribution in [0.25, 0.3) is 0 Å². The van der Waals surface area contributed by atoms with E-state index in [-0.39, 0.29) is 17.8 Å². The van der Waals surface area contributed by atoms with Gasteiger partial charge in [-0.2, -0.15) is 0 Å². The fourth-order valence-corrected chi connectivity index (χ4v) is 2.82. The van der Waals surface area contributed by atoms with E-state index in [0.717, 1.165) is 0 Å². The van der Waals surface area contributed by atoms with Gasteiger partial charge in [-0.1, -0.05) is 0 Å². The Balaban J connectivity index is 1.99. The summed E-state index contributed by atoms with van der Waals surface area (Å²) in [7, 11) is 1.52. The number of methoxy groups -OCH3 is 1. The highest BCUT2D eigenvalue weighted by molar-refractivity contribution is 5.91. The number of hydrogen-bond donors (Lipinski definition) is 1. The van der Waals surface area contributed by atoms with Gasteiger partial charge in [-0.25, -0.2) is 9.97 Å². The van der Waals surface area contributed by atoms with Crippen molar-refractivity contribution in [1.82, 2.24) is 24.8 Å². The first-order chi connectivity index (χ1) is 14.1. The zero-order chi connectivity index (χ0) is 20.6. The Morgan fingerprint density at radius 3 is 2.79 bits per heavy atom. The number of ether oxygens (including phenoxy) is 2. The summed E-state index contributed by atoms with van der Waals surface area (Å²) in [5.41, 5.74) is 0.584. The Bertz CT molecular complexity index is 1020. The molecule has 1 atom stereocenters. The first-order valence-corrected chi connectivity index (χ1v) is 9.02. The van der Waals surface area contributed by atoms with Crippen molar-refractivity contribution in [2.24, 2.45) is 0 Å². The van der Waals surface area contributed by atoms with Crippen molar-refractivity contribution in [3.8, 4) is 11.6 Å².